The number of halogens is 1. The van der Waals surface area contributed by atoms with Gasteiger partial charge in [0.1, 0.15) is 22.3 Å². The summed E-state index contributed by atoms with van der Waals surface area (Å²) >= 11 is 1.67. The van der Waals surface area contributed by atoms with E-state index in [1.807, 2.05) is 6.07 Å². The number of piperidine rings is 1. The Kier molecular flexibility index (Phi) is 4.53. The molecule has 130 valence electrons. The van der Waals surface area contributed by atoms with Gasteiger partial charge in [0.25, 0.3) is 0 Å². The number of benzene rings is 1. The lowest BCUT2D eigenvalue weighted by atomic mass is 10.0. The van der Waals surface area contributed by atoms with Crippen LogP contribution in [0.25, 0.3) is 10.2 Å². The Hall–Kier alpha value is -2.21. The van der Waals surface area contributed by atoms with E-state index in [0.717, 1.165) is 54.2 Å². The van der Waals surface area contributed by atoms with E-state index in [4.69, 9.17) is 4.98 Å². The molecule has 1 aliphatic rings. The van der Waals surface area contributed by atoms with Crippen molar-refractivity contribution in [2.24, 2.45) is 0 Å². The summed E-state index contributed by atoms with van der Waals surface area (Å²) < 4.78 is 13.8. The molecule has 1 aromatic carbocycles. The standard InChI is InChI=1S/C19H21FN4S/c1-2-17-22-18(14-9-12-25-19(14)23-17)24-10-7-13(8-11-24)21-16-6-4-3-5-15(16)20/h3-6,9,12-13,21H,2,7-8,10-11H2,1H3. The Morgan fingerprint density at radius 1 is 1.20 bits per heavy atom. The number of aryl methyl sites for hydroxylation is 1. The van der Waals surface area contributed by atoms with E-state index in [2.05, 4.69) is 33.6 Å². The minimum atomic E-state index is -0.187. The van der Waals surface area contributed by atoms with Gasteiger partial charge in [-0.25, -0.2) is 14.4 Å². The lowest BCUT2D eigenvalue weighted by Gasteiger charge is -2.34. The van der Waals surface area contributed by atoms with Crippen LogP contribution in [-0.4, -0.2) is 29.1 Å². The average molecular weight is 356 g/mol. The maximum atomic E-state index is 13.8. The van der Waals surface area contributed by atoms with Gasteiger partial charge >= 0.3 is 0 Å². The number of hydrogen-bond acceptors (Lipinski definition) is 5. The van der Waals surface area contributed by atoms with E-state index in [-0.39, 0.29) is 5.82 Å². The third-order valence-corrected chi connectivity index (χ3v) is 5.50. The average Bonchev–Trinajstić information content (AvgIpc) is 3.12. The minimum Gasteiger partial charge on any atom is -0.380 e. The number of rotatable bonds is 4. The van der Waals surface area contributed by atoms with Gasteiger partial charge in [-0.05, 0) is 36.4 Å². The summed E-state index contributed by atoms with van der Waals surface area (Å²) in [5, 5.41) is 6.56. The molecule has 0 radical (unpaired) electrons. The SMILES string of the molecule is CCc1nc(N2CCC(Nc3ccccc3F)CC2)c2ccsc2n1. The number of nitrogens with one attached hydrogen (secondary N) is 1. The summed E-state index contributed by atoms with van der Waals surface area (Å²) in [4.78, 5) is 12.8. The molecular formula is C19H21FN4S. The van der Waals surface area contributed by atoms with E-state index < -0.39 is 0 Å². The topological polar surface area (TPSA) is 41.1 Å². The van der Waals surface area contributed by atoms with Gasteiger partial charge in [0.15, 0.2) is 0 Å². The van der Waals surface area contributed by atoms with Crippen molar-refractivity contribution in [2.75, 3.05) is 23.3 Å². The zero-order chi connectivity index (χ0) is 17.2. The van der Waals surface area contributed by atoms with E-state index in [9.17, 15) is 4.39 Å². The van der Waals surface area contributed by atoms with E-state index >= 15 is 0 Å². The maximum Gasteiger partial charge on any atom is 0.146 e. The van der Waals surface area contributed by atoms with Crippen molar-refractivity contribution in [1.29, 1.82) is 0 Å². The van der Waals surface area contributed by atoms with Gasteiger partial charge in [0.2, 0.25) is 0 Å². The van der Waals surface area contributed by atoms with Crippen LogP contribution in [0.3, 0.4) is 0 Å². The van der Waals surface area contributed by atoms with Crippen LogP contribution in [0.5, 0.6) is 0 Å². The van der Waals surface area contributed by atoms with Crippen molar-refractivity contribution >= 4 is 33.1 Å². The molecule has 4 rings (SSSR count). The second-order valence-electron chi connectivity index (χ2n) is 6.34. The first-order valence-corrected chi connectivity index (χ1v) is 9.62. The van der Waals surface area contributed by atoms with Gasteiger partial charge < -0.3 is 10.2 Å². The summed E-state index contributed by atoms with van der Waals surface area (Å²) in [6, 6.07) is 9.28. The fourth-order valence-corrected chi connectivity index (χ4v) is 4.09. The number of thiophene rings is 1. The molecule has 1 saturated heterocycles. The molecule has 0 aliphatic carbocycles. The largest absolute Gasteiger partial charge is 0.380 e. The fourth-order valence-electron chi connectivity index (χ4n) is 3.32. The number of anilines is 2. The van der Waals surface area contributed by atoms with E-state index in [1.54, 1.807) is 23.5 Å². The molecule has 4 nitrogen and oxygen atoms in total. The third-order valence-electron chi connectivity index (χ3n) is 4.70. The fraction of sp³-hybridized carbons (Fsp3) is 0.368. The predicted molar refractivity (Wildman–Crippen MR) is 102 cm³/mol. The summed E-state index contributed by atoms with van der Waals surface area (Å²) in [5.41, 5.74) is 0.594. The van der Waals surface area contributed by atoms with Gasteiger partial charge in [-0.1, -0.05) is 19.1 Å². The molecule has 0 atom stereocenters. The van der Waals surface area contributed by atoms with Gasteiger partial charge in [0.05, 0.1) is 11.1 Å². The van der Waals surface area contributed by atoms with Crippen molar-refractivity contribution < 1.29 is 4.39 Å². The van der Waals surface area contributed by atoms with Gasteiger partial charge in [-0.3, -0.25) is 0 Å². The minimum absolute atomic E-state index is 0.187. The number of aromatic nitrogens is 2. The summed E-state index contributed by atoms with van der Waals surface area (Å²) in [5.74, 6) is 1.76. The molecule has 3 aromatic rings. The zero-order valence-corrected chi connectivity index (χ0v) is 15.0. The first kappa shape index (κ1) is 16.3. The smallest absolute Gasteiger partial charge is 0.146 e. The molecule has 3 heterocycles. The molecule has 0 bridgehead atoms. The van der Waals surface area contributed by atoms with Crippen LogP contribution in [0.2, 0.25) is 0 Å². The van der Waals surface area contributed by atoms with Crippen LogP contribution in [-0.2, 0) is 6.42 Å². The molecule has 6 heteroatoms. The Morgan fingerprint density at radius 3 is 2.76 bits per heavy atom. The Bertz CT molecular complexity index is 871. The van der Waals surface area contributed by atoms with Crippen molar-refractivity contribution in [3.8, 4) is 0 Å². The molecule has 0 spiro atoms. The molecule has 1 fully saturated rings. The van der Waals surface area contributed by atoms with Crippen molar-refractivity contribution in [1.82, 2.24) is 9.97 Å². The summed E-state index contributed by atoms with van der Waals surface area (Å²) in [7, 11) is 0. The number of nitrogens with zero attached hydrogens (tertiary/aromatic N) is 3. The quantitative estimate of drug-likeness (QED) is 0.749. The van der Waals surface area contributed by atoms with Gasteiger partial charge in [-0.15, -0.1) is 11.3 Å². The Balaban J connectivity index is 1.49. The van der Waals surface area contributed by atoms with Crippen LogP contribution in [0.1, 0.15) is 25.6 Å². The Labute approximate surface area is 150 Å². The highest BCUT2D eigenvalue weighted by molar-refractivity contribution is 7.16. The molecule has 2 aromatic heterocycles. The van der Waals surface area contributed by atoms with E-state index in [0.29, 0.717) is 11.7 Å². The molecule has 1 aliphatic heterocycles. The molecular weight excluding hydrogens is 335 g/mol. The summed E-state index contributed by atoms with van der Waals surface area (Å²) in [6.45, 7) is 3.91. The van der Waals surface area contributed by atoms with Crippen LogP contribution >= 0.6 is 11.3 Å². The highest BCUT2D eigenvalue weighted by Gasteiger charge is 2.23. The van der Waals surface area contributed by atoms with Crippen molar-refractivity contribution in [2.45, 2.75) is 32.2 Å². The van der Waals surface area contributed by atoms with Crippen molar-refractivity contribution in [3.05, 3.63) is 47.4 Å². The number of hydrogen-bond donors (Lipinski definition) is 1. The van der Waals surface area contributed by atoms with Crippen LogP contribution < -0.4 is 10.2 Å². The van der Waals surface area contributed by atoms with E-state index in [1.165, 1.54) is 6.07 Å². The first-order chi connectivity index (χ1) is 12.2. The molecule has 0 saturated carbocycles. The lowest BCUT2D eigenvalue weighted by Crippen LogP contribution is -2.39. The third kappa shape index (κ3) is 3.31. The van der Waals surface area contributed by atoms with Crippen LogP contribution in [0, 0.1) is 5.82 Å². The highest BCUT2D eigenvalue weighted by Crippen LogP contribution is 2.30. The monoisotopic (exact) mass is 356 g/mol. The molecule has 0 amide bonds. The van der Waals surface area contributed by atoms with Crippen LogP contribution in [0.4, 0.5) is 15.9 Å². The van der Waals surface area contributed by atoms with Crippen LogP contribution in [0.15, 0.2) is 35.7 Å². The zero-order valence-electron chi connectivity index (χ0n) is 14.2. The molecule has 0 unspecified atom stereocenters. The summed E-state index contributed by atoms with van der Waals surface area (Å²) in [6.07, 6.45) is 2.77. The second-order valence-corrected chi connectivity index (χ2v) is 7.24. The normalized spacial score (nSPS) is 15.7. The molecule has 1 N–H and O–H groups in total. The molecule has 25 heavy (non-hydrogen) atoms. The lowest BCUT2D eigenvalue weighted by molar-refractivity contribution is 0.520. The number of para-hydroxylation sites is 1. The number of fused-ring (bicyclic) bond motifs is 1. The van der Waals surface area contributed by atoms with Gasteiger partial charge in [0, 0.05) is 25.6 Å². The first-order valence-electron chi connectivity index (χ1n) is 8.74. The second kappa shape index (κ2) is 6.96. The van der Waals surface area contributed by atoms with Crippen molar-refractivity contribution in [3.63, 3.8) is 0 Å². The maximum absolute atomic E-state index is 13.8. The predicted octanol–water partition coefficient (Wildman–Crippen LogP) is 4.47. The highest BCUT2D eigenvalue weighted by atomic mass is 32.1. The van der Waals surface area contributed by atoms with Gasteiger partial charge in [-0.2, -0.15) is 0 Å². The Morgan fingerprint density at radius 2 is 2.00 bits per heavy atom.